The molecule has 3 nitrogen and oxygen atoms in total. The summed E-state index contributed by atoms with van der Waals surface area (Å²) in [5.41, 5.74) is 1.87. The van der Waals surface area contributed by atoms with Crippen LogP contribution in [0.5, 0.6) is 0 Å². The summed E-state index contributed by atoms with van der Waals surface area (Å²) in [5, 5.41) is 9.56. The summed E-state index contributed by atoms with van der Waals surface area (Å²) in [6, 6.07) is 7.47. The Morgan fingerprint density at radius 1 is 1.13 bits per heavy atom. The highest BCUT2D eigenvalue weighted by Gasteiger charge is 1.99. The van der Waals surface area contributed by atoms with Gasteiger partial charge in [-0.05, 0) is 19.1 Å². The van der Waals surface area contributed by atoms with Crippen LogP contribution in [0.1, 0.15) is 29.8 Å². The van der Waals surface area contributed by atoms with Crippen molar-refractivity contribution in [2.24, 2.45) is 0 Å². The van der Waals surface area contributed by atoms with E-state index in [9.17, 15) is 4.79 Å². The molecule has 0 heterocycles. The Bertz CT molecular complexity index is 255. The maximum atomic E-state index is 11.0. The second kappa shape index (κ2) is 10.7. The predicted octanol–water partition coefficient (Wildman–Crippen LogP) is 1.99. The molecule has 0 aliphatic carbocycles. The van der Waals surface area contributed by atoms with Gasteiger partial charge in [0.2, 0.25) is 0 Å². The number of hydrogen-bond donors (Lipinski definition) is 2. The molecule has 0 radical (unpaired) electrons. The highest BCUT2D eigenvalue weighted by molar-refractivity contribution is 5.93. The first kappa shape index (κ1) is 16.1. The Morgan fingerprint density at radius 3 is 1.87 bits per heavy atom. The predicted molar refractivity (Wildman–Crippen MR) is 64.1 cm³/mol. The molecule has 0 bridgehead atoms. The molecule has 86 valence electrons. The molecule has 1 aromatic carbocycles. The molecular formula is C12H21NO2. The number of rotatable bonds is 1. The molecule has 1 aromatic rings. The fourth-order valence-corrected chi connectivity index (χ4v) is 0.849. The molecular weight excluding hydrogens is 190 g/mol. The third-order valence-electron chi connectivity index (χ3n) is 1.54. The molecule has 0 unspecified atom stereocenters. The van der Waals surface area contributed by atoms with E-state index in [2.05, 4.69) is 5.32 Å². The largest absolute Gasteiger partial charge is 0.400 e. The Kier molecular flexibility index (Phi) is 11.5. The monoisotopic (exact) mass is 211 g/mol. The normalized spacial score (nSPS) is 7.60. The van der Waals surface area contributed by atoms with E-state index >= 15 is 0 Å². The minimum absolute atomic E-state index is 0.0370. The molecule has 1 rings (SSSR count). The summed E-state index contributed by atoms with van der Waals surface area (Å²) in [4.78, 5) is 11.0. The van der Waals surface area contributed by atoms with Gasteiger partial charge >= 0.3 is 0 Å². The maximum absolute atomic E-state index is 11.0. The lowest BCUT2D eigenvalue weighted by molar-refractivity contribution is 0.0963. The highest BCUT2D eigenvalue weighted by Crippen LogP contribution is 2.01. The Balaban J connectivity index is 0. The molecule has 0 aliphatic rings. The maximum Gasteiger partial charge on any atom is 0.251 e. The van der Waals surface area contributed by atoms with Gasteiger partial charge < -0.3 is 10.4 Å². The summed E-state index contributed by atoms with van der Waals surface area (Å²) in [7, 11) is 2.63. The van der Waals surface area contributed by atoms with Gasteiger partial charge in [-0.3, -0.25) is 4.79 Å². The lowest BCUT2D eigenvalue weighted by Crippen LogP contribution is -2.17. The van der Waals surface area contributed by atoms with Gasteiger partial charge in [-0.2, -0.15) is 0 Å². The zero-order valence-corrected chi connectivity index (χ0v) is 10.2. The van der Waals surface area contributed by atoms with Crippen molar-refractivity contribution in [2.75, 3.05) is 14.2 Å². The van der Waals surface area contributed by atoms with Crippen molar-refractivity contribution >= 4 is 5.91 Å². The molecule has 3 heteroatoms. The van der Waals surface area contributed by atoms with Gasteiger partial charge in [-0.15, -0.1) is 0 Å². The van der Waals surface area contributed by atoms with Gasteiger partial charge in [0.15, 0.2) is 0 Å². The van der Waals surface area contributed by atoms with Crippen LogP contribution in [0.3, 0.4) is 0 Å². The summed E-state index contributed by atoms with van der Waals surface area (Å²) in [6.07, 6.45) is 0. The Labute approximate surface area is 92.1 Å². The van der Waals surface area contributed by atoms with Crippen LogP contribution in [0, 0.1) is 6.92 Å². The van der Waals surface area contributed by atoms with Crippen molar-refractivity contribution in [3.05, 3.63) is 35.4 Å². The van der Waals surface area contributed by atoms with Crippen molar-refractivity contribution in [3.63, 3.8) is 0 Å². The molecule has 0 spiro atoms. The number of amides is 1. The first-order valence-electron chi connectivity index (χ1n) is 4.97. The topological polar surface area (TPSA) is 49.3 Å². The number of aryl methyl sites for hydroxylation is 1. The molecule has 0 aliphatic heterocycles. The van der Waals surface area contributed by atoms with E-state index < -0.39 is 0 Å². The third-order valence-corrected chi connectivity index (χ3v) is 1.54. The van der Waals surface area contributed by atoms with Crippen molar-refractivity contribution in [3.8, 4) is 0 Å². The second-order valence-corrected chi connectivity index (χ2v) is 2.45. The van der Waals surface area contributed by atoms with Crippen molar-refractivity contribution < 1.29 is 9.90 Å². The van der Waals surface area contributed by atoms with Crippen molar-refractivity contribution in [1.82, 2.24) is 5.32 Å². The number of carbonyl (C=O) groups is 1. The smallest absolute Gasteiger partial charge is 0.251 e. The molecule has 0 atom stereocenters. The van der Waals surface area contributed by atoms with Crippen LogP contribution in [0.25, 0.3) is 0 Å². The zero-order valence-electron chi connectivity index (χ0n) is 10.2. The van der Waals surface area contributed by atoms with E-state index in [0.29, 0.717) is 5.56 Å². The zero-order chi connectivity index (χ0) is 12.3. The molecule has 0 saturated heterocycles. The average Bonchev–Trinajstić information content (AvgIpc) is 2.34. The fraction of sp³-hybridized carbons (Fsp3) is 0.417. The SMILES string of the molecule is CC.CNC(=O)c1ccc(C)cc1.CO. The Morgan fingerprint density at radius 2 is 1.53 bits per heavy atom. The molecule has 2 N–H and O–H groups in total. The standard InChI is InChI=1S/C9H11NO.C2H6.CH4O/c1-7-3-5-8(6-4-7)9(11)10-2;2*1-2/h3-6H,1-2H3,(H,10,11);1-2H3;2H,1H3. The van der Waals surface area contributed by atoms with Crippen LogP contribution < -0.4 is 5.32 Å². The van der Waals surface area contributed by atoms with Gasteiger partial charge in [-0.25, -0.2) is 0 Å². The lowest BCUT2D eigenvalue weighted by Gasteiger charge is -1.98. The first-order valence-corrected chi connectivity index (χ1v) is 4.97. The molecule has 0 aromatic heterocycles. The van der Waals surface area contributed by atoms with Gasteiger partial charge in [0.1, 0.15) is 0 Å². The van der Waals surface area contributed by atoms with E-state index in [-0.39, 0.29) is 5.91 Å². The van der Waals surface area contributed by atoms with Gasteiger partial charge in [-0.1, -0.05) is 31.5 Å². The van der Waals surface area contributed by atoms with Crippen LogP contribution in [-0.2, 0) is 0 Å². The molecule has 15 heavy (non-hydrogen) atoms. The number of aliphatic hydroxyl groups is 1. The number of aliphatic hydroxyl groups excluding tert-OH is 1. The van der Waals surface area contributed by atoms with Gasteiger partial charge in [0.05, 0.1) is 0 Å². The van der Waals surface area contributed by atoms with E-state index in [1.54, 1.807) is 7.05 Å². The molecule has 0 saturated carbocycles. The number of carbonyl (C=O) groups excluding carboxylic acids is 1. The van der Waals surface area contributed by atoms with Crippen LogP contribution >= 0.6 is 0 Å². The van der Waals surface area contributed by atoms with Gasteiger partial charge in [0.25, 0.3) is 5.91 Å². The van der Waals surface area contributed by atoms with Crippen LogP contribution in [0.4, 0.5) is 0 Å². The van der Waals surface area contributed by atoms with Crippen molar-refractivity contribution in [2.45, 2.75) is 20.8 Å². The quantitative estimate of drug-likeness (QED) is 0.746. The summed E-state index contributed by atoms with van der Waals surface area (Å²) in [6.45, 7) is 5.99. The third kappa shape index (κ3) is 6.69. The Hall–Kier alpha value is -1.35. The summed E-state index contributed by atoms with van der Waals surface area (Å²) >= 11 is 0. The number of hydrogen-bond acceptors (Lipinski definition) is 2. The van der Waals surface area contributed by atoms with Crippen LogP contribution in [-0.4, -0.2) is 25.2 Å². The van der Waals surface area contributed by atoms with E-state index in [1.807, 2.05) is 45.0 Å². The van der Waals surface area contributed by atoms with Crippen LogP contribution in [0.2, 0.25) is 0 Å². The van der Waals surface area contributed by atoms with E-state index in [1.165, 1.54) is 0 Å². The van der Waals surface area contributed by atoms with Crippen molar-refractivity contribution in [1.29, 1.82) is 0 Å². The average molecular weight is 211 g/mol. The molecule has 1 amide bonds. The van der Waals surface area contributed by atoms with E-state index in [4.69, 9.17) is 5.11 Å². The number of nitrogens with one attached hydrogen (secondary N) is 1. The minimum atomic E-state index is -0.0370. The summed E-state index contributed by atoms with van der Waals surface area (Å²) in [5.74, 6) is -0.0370. The van der Waals surface area contributed by atoms with Crippen LogP contribution in [0.15, 0.2) is 24.3 Å². The minimum Gasteiger partial charge on any atom is -0.400 e. The summed E-state index contributed by atoms with van der Waals surface area (Å²) < 4.78 is 0. The first-order chi connectivity index (χ1) is 7.24. The second-order valence-electron chi connectivity index (χ2n) is 2.45. The number of benzene rings is 1. The highest BCUT2D eigenvalue weighted by atomic mass is 16.2. The fourth-order valence-electron chi connectivity index (χ4n) is 0.849. The molecule has 0 fully saturated rings. The van der Waals surface area contributed by atoms with Gasteiger partial charge in [0, 0.05) is 19.7 Å². The lowest BCUT2D eigenvalue weighted by atomic mass is 10.1. The van der Waals surface area contributed by atoms with E-state index in [0.717, 1.165) is 12.7 Å².